The molecule has 0 aliphatic rings. The van der Waals surface area contributed by atoms with E-state index in [1.54, 1.807) is 43.5 Å². The Labute approximate surface area is 144 Å². The molecule has 2 rings (SSSR count). The molecule has 0 saturated heterocycles. The number of rotatable bonds is 6. The summed E-state index contributed by atoms with van der Waals surface area (Å²) in [5, 5.41) is 3.28. The second-order valence-corrected chi connectivity index (χ2v) is 5.49. The third-order valence-corrected chi connectivity index (χ3v) is 3.61. The van der Waals surface area contributed by atoms with Gasteiger partial charge in [-0.2, -0.15) is 0 Å². The fourth-order valence-electron chi connectivity index (χ4n) is 1.83. The fraction of sp³-hybridized carbons (Fsp3) is 0.188. The molecule has 0 bridgehead atoms. The standard InChI is InChI=1S/C16H16Cl2N2O3/c1-22-5-6-23-12-4-2-3-10(7-12)16(21)20-11-8-13(17)15(19)14(18)9-11/h2-4,7-9H,5-6,19H2,1H3,(H,20,21). The maximum absolute atomic E-state index is 12.3. The predicted octanol–water partition coefficient (Wildman–Crippen LogP) is 3.85. The quantitative estimate of drug-likeness (QED) is 0.610. The Hall–Kier alpha value is -1.95. The number of hydrogen-bond donors (Lipinski definition) is 2. The highest BCUT2D eigenvalue weighted by molar-refractivity contribution is 6.39. The molecule has 122 valence electrons. The van der Waals surface area contributed by atoms with Crippen molar-refractivity contribution in [2.75, 3.05) is 31.4 Å². The summed E-state index contributed by atoms with van der Waals surface area (Å²) in [4.78, 5) is 12.3. The van der Waals surface area contributed by atoms with Crippen molar-refractivity contribution in [1.82, 2.24) is 0 Å². The minimum atomic E-state index is -0.306. The summed E-state index contributed by atoms with van der Waals surface area (Å²) >= 11 is 11.9. The van der Waals surface area contributed by atoms with Crippen LogP contribution in [0.25, 0.3) is 0 Å². The first-order valence-corrected chi connectivity index (χ1v) is 7.54. The van der Waals surface area contributed by atoms with Crippen LogP contribution in [0.4, 0.5) is 11.4 Å². The molecule has 2 aromatic rings. The molecule has 0 fully saturated rings. The second kappa shape index (κ2) is 8.06. The van der Waals surface area contributed by atoms with Gasteiger partial charge in [0, 0.05) is 18.4 Å². The van der Waals surface area contributed by atoms with Gasteiger partial charge in [-0.1, -0.05) is 29.3 Å². The average Bonchev–Trinajstić information content (AvgIpc) is 2.53. The van der Waals surface area contributed by atoms with Crippen molar-refractivity contribution >= 4 is 40.5 Å². The second-order valence-electron chi connectivity index (χ2n) is 4.68. The number of amides is 1. The molecule has 0 unspecified atom stereocenters. The van der Waals surface area contributed by atoms with Crippen LogP contribution in [-0.4, -0.2) is 26.2 Å². The van der Waals surface area contributed by atoms with Gasteiger partial charge >= 0.3 is 0 Å². The third kappa shape index (κ3) is 4.76. The van der Waals surface area contributed by atoms with Crippen molar-refractivity contribution < 1.29 is 14.3 Å². The fourth-order valence-corrected chi connectivity index (χ4v) is 2.32. The lowest BCUT2D eigenvalue weighted by atomic mass is 10.2. The Morgan fingerprint density at radius 2 is 1.87 bits per heavy atom. The number of halogens is 2. The van der Waals surface area contributed by atoms with E-state index in [9.17, 15) is 4.79 Å². The highest BCUT2D eigenvalue weighted by Gasteiger charge is 2.10. The lowest BCUT2D eigenvalue weighted by molar-refractivity contribution is 0.102. The van der Waals surface area contributed by atoms with Crippen molar-refractivity contribution in [3.8, 4) is 5.75 Å². The van der Waals surface area contributed by atoms with E-state index in [2.05, 4.69) is 5.32 Å². The first-order valence-electron chi connectivity index (χ1n) is 6.79. The molecule has 0 aliphatic heterocycles. The van der Waals surface area contributed by atoms with Gasteiger partial charge in [-0.3, -0.25) is 4.79 Å². The van der Waals surface area contributed by atoms with Crippen LogP contribution in [0.5, 0.6) is 5.75 Å². The highest BCUT2D eigenvalue weighted by atomic mass is 35.5. The number of ether oxygens (including phenoxy) is 2. The molecule has 0 aromatic heterocycles. The minimum absolute atomic E-state index is 0.278. The van der Waals surface area contributed by atoms with Crippen LogP contribution in [0.1, 0.15) is 10.4 Å². The number of methoxy groups -OCH3 is 1. The van der Waals surface area contributed by atoms with Crippen LogP contribution in [0, 0.1) is 0 Å². The van der Waals surface area contributed by atoms with Crippen molar-refractivity contribution in [2.45, 2.75) is 0 Å². The summed E-state index contributed by atoms with van der Waals surface area (Å²) < 4.78 is 10.4. The Morgan fingerprint density at radius 1 is 1.17 bits per heavy atom. The van der Waals surface area contributed by atoms with E-state index in [1.807, 2.05) is 0 Å². The first-order chi connectivity index (χ1) is 11.0. The van der Waals surface area contributed by atoms with Gasteiger partial charge in [0.2, 0.25) is 0 Å². The number of anilines is 2. The number of carbonyl (C=O) groups excluding carboxylic acids is 1. The van der Waals surface area contributed by atoms with E-state index in [1.165, 1.54) is 0 Å². The molecule has 0 spiro atoms. The molecule has 0 radical (unpaired) electrons. The summed E-state index contributed by atoms with van der Waals surface area (Å²) in [6.45, 7) is 0.879. The van der Waals surface area contributed by atoms with E-state index in [-0.39, 0.29) is 21.6 Å². The molecule has 5 nitrogen and oxygen atoms in total. The third-order valence-electron chi connectivity index (χ3n) is 2.99. The number of hydrogen-bond acceptors (Lipinski definition) is 4. The Kier molecular flexibility index (Phi) is 6.10. The van der Waals surface area contributed by atoms with Crippen LogP contribution >= 0.6 is 23.2 Å². The van der Waals surface area contributed by atoms with Crippen molar-refractivity contribution in [1.29, 1.82) is 0 Å². The Bertz CT molecular complexity index is 684. The zero-order valence-electron chi connectivity index (χ0n) is 12.4. The Morgan fingerprint density at radius 3 is 2.52 bits per heavy atom. The Balaban J connectivity index is 2.10. The zero-order valence-corrected chi connectivity index (χ0v) is 13.9. The van der Waals surface area contributed by atoms with Gasteiger partial charge in [-0.25, -0.2) is 0 Å². The van der Waals surface area contributed by atoms with Gasteiger partial charge in [0.1, 0.15) is 12.4 Å². The topological polar surface area (TPSA) is 73.6 Å². The van der Waals surface area contributed by atoms with Gasteiger partial charge in [0.25, 0.3) is 5.91 Å². The van der Waals surface area contributed by atoms with E-state index in [4.69, 9.17) is 38.4 Å². The molecule has 2 aromatic carbocycles. The molecule has 0 heterocycles. The predicted molar refractivity (Wildman–Crippen MR) is 92.6 cm³/mol. The SMILES string of the molecule is COCCOc1cccc(C(=O)Nc2cc(Cl)c(N)c(Cl)c2)c1. The van der Waals surface area contributed by atoms with Crippen LogP contribution in [0.3, 0.4) is 0 Å². The summed E-state index contributed by atoms with van der Waals surface area (Å²) in [5.74, 6) is 0.280. The van der Waals surface area contributed by atoms with Crippen molar-refractivity contribution in [3.63, 3.8) is 0 Å². The van der Waals surface area contributed by atoms with Crippen molar-refractivity contribution in [2.24, 2.45) is 0 Å². The largest absolute Gasteiger partial charge is 0.491 e. The number of nitrogens with one attached hydrogen (secondary N) is 1. The number of carbonyl (C=O) groups is 1. The molecule has 0 aliphatic carbocycles. The van der Waals surface area contributed by atoms with E-state index >= 15 is 0 Å². The summed E-state index contributed by atoms with van der Waals surface area (Å²) in [5.41, 5.74) is 6.86. The highest BCUT2D eigenvalue weighted by Crippen LogP contribution is 2.31. The lowest BCUT2D eigenvalue weighted by Gasteiger charge is -2.10. The zero-order chi connectivity index (χ0) is 16.8. The summed E-state index contributed by atoms with van der Waals surface area (Å²) in [7, 11) is 1.59. The maximum Gasteiger partial charge on any atom is 0.255 e. The first kappa shape index (κ1) is 17.4. The number of nitrogen functional groups attached to an aromatic ring is 1. The minimum Gasteiger partial charge on any atom is -0.491 e. The maximum atomic E-state index is 12.3. The van der Waals surface area contributed by atoms with Gasteiger partial charge in [0.15, 0.2) is 0 Å². The van der Waals surface area contributed by atoms with E-state index in [0.29, 0.717) is 30.2 Å². The molecule has 1 amide bonds. The van der Waals surface area contributed by atoms with Gasteiger partial charge in [-0.15, -0.1) is 0 Å². The lowest BCUT2D eigenvalue weighted by Crippen LogP contribution is -2.12. The monoisotopic (exact) mass is 354 g/mol. The van der Waals surface area contributed by atoms with Gasteiger partial charge < -0.3 is 20.5 Å². The van der Waals surface area contributed by atoms with Gasteiger partial charge in [0.05, 0.1) is 22.3 Å². The van der Waals surface area contributed by atoms with Gasteiger partial charge in [-0.05, 0) is 30.3 Å². The number of nitrogens with two attached hydrogens (primary N) is 1. The molecular weight excluding hydrogens is 339 g/mol. The molecule has 7 heteroatoms. The van der Waals surface area contributed by atoms with Crippen LogP contribution in [0.15, 0.2) is 36.4 Å². The van der Waals surface area contributed by atoms with E-state index < -0.39 is 0 Å². The summed E-state index contributed by atoms with van der Waals surface area (Å²) in [6, 6.07) is 9.91. The molecule has 3 N–H and O–H groups in total. The average molecular weight is 355 g/mol. The van der Waals surface area contributed by atoms with Crippen LogP contribution < -0.4 is 15.8 Å². The summed E-state index contributed by atoms with van der Waals surface area (Å²) in [6.07, 6.45) is 0. The number of benzene rings is 2. The van der Waals surface area contributed by atoms with E-state index in [0.717, 1.165) is 0 Å². The molecule has 23 heavy (non-hydrogen) atoms. The molecule has 0 atom stereocenters. The van der Waals surface area contributed by atoms with Crippen molar-refractivity contribution in [3.05, 3.63) is 52.0 Å². The van der Waals surface area contributed by atoms with Crippen LogP contribution in [-0.2, 0) is 4.74 Å². The smallest absolute Gasteiger partial charge is 0.255 e. The normalized spacial score (nSPS) is 10.4. The van der Waals surface area contributed by atoms with Crippen LogP contribution in [0.2, 0.25) is 10.0 Å². The molecule has 0 saturated carbocycles. The molecular formula is C16H16Cl2N2O3.